The summed E-state index contributed by atoms with van der Waals surface area (Å²) in [5, 5.41) is 8.99. The molecule has 196 valence electrons. The van der Waals surface area contributed by atoms with Crippen molar-refractivity contribution in [3.8, 4) is 0 Å². The molecule has 0 heterocycles. The molecular formula is C32H50O3. The van der Waals surface area contributed by atoms with Crippen molar-refractivity contribution in [2.45, 2.75) is 128 Å². The van der Waals surface area contributed by atoms with Crippen LogP contribution in [-0.4, -0.2) is 17.8 Å². The van der Waals surface area contributed by atoms with Crippen LogP contribution in [-0.2, 0) is 9.78 Å². The van der Waals surface area contributed by atoms with E-state index in [4.69, 9.17) is 14.9 Å². The van der Waals surface area contributed by atoms with E-state index in [9.17, 15) is 0 Å². The zero-order valence-electron chi connectivity index (χ0n) is 22.3. The highest BCUT2D eigenvalue weighted by atomic mass is 17.2. The van der Waals surface area contributed by atoms with Crippen molar-refractivity contribution in [2.24, 2.45) is 17.8 Å². The fourth-order valence-corrected chi connectivity index (χ4v) is 7.25. The third-order valence-electron chi connectivity index (χ3n) is 9.58. The number of hydrogen-bond donors (Lipinski definition) is 1. The summed E-state index contributed by atoms with van der Waals surface area (Å²) in [5.41, 5.74) is 3.18. The monoisotopic (exact) mass is 482 g/mol. The normalized spacial score (nSPS) is 31.7. The topological polar surface area (TPSA) is 38.7 Å². The van der Waals surface area contributed by atoms with Crippen LogP contribution in [0.25, 0.3) is 0 Å². The summed E-state index contributed by atoms with van der Waals surface area (Å²) >= 11 is 0. The lowest BCUT2D eigenvalue weighted by Gasteiger charge is -2.37. The Balaban J connectivity index is 1.16. The minimum absolute atomic E-state index is 0.153. The highest BCUT2D eigenvalue weighted by Crippen LogP contribution is 2.44. The van der Waals surface area contributed by atoms with Crippen LogP contribution in [0.5, 0.6) is 0 Å². The fourth-order valence-electron chi connectivity index (χ4n) is 7.25. The van der Waals surface area contributed by atoms with Crippen molar-refractivity contribution >= 4 is 0 Å². The zero-order chi connectivity index (χ0) is 24.5. The molecule has 4 rings (SSSR count). The van der Waals surface area contributed by atoms with E-state index in [0.29, 0.717) is 5.76 Å². The standard InChI is InChI=1S/C32H50O3/c1-3-4-5-6-25-7-9-26(10-8-25)27-11-13-28(14-12-27)29-15-17-30(18-16-29)31-19-21-32(22-20-31)35-34-24(2)23-33/h11-14,25-26,29-33H,2-10,15-23H2,1H3. The Hall–Kier alpha value is -1.32. The quantitative estimate of drug-likeness (QED) is 0.148. The minimum Gasteiger partial charge on any atom is -0.388 e. The molecule has 3 aliphatic carbocycles. The number of hydrogen-bond acceptors (Lipinski definition) is 3. The van der Waals surface area contributed by atoms with Crippen LogP contribution in [0.2, 0.25) is 0 Å². The highest BCUT2D eigenvalue weighted by Gasteiger charge is 2.32. The Labute approximate surface area is 214 Å². The molecule has 1 N–H and O–H groups in total. The molecule has 0 atom stereocenters. The summed E-state index contributed by atoms with van der Waals surface area (Å²) in [7, 11) is 0. The molecule has 0 saturated heterocycles. The van der Waals surface area contributed by atoms with Gasteiger partial charge in [0.15, 0.2) is 5.76 Å². The molecule has 3 nitrogen and oxygen atoms in total. The summed E-state index contributed by atoms with van der Waals surface area (Å²) < 4.78 is 0. The van der Waals surface area contributed by atoms with E-state index in [2.05, 4.69) is 37.8 Å². The second-order valence-corrected chi connectivity index (χ2v) is 11.9. The van der Waals surface area contributed by atoms with Crippen LogP contribution in [0, 0.1) is 17.8 Å². The van der Waals surface area contributed by atoms with Gasteiger partial charge in [0.05, 0.1) is 0 Å². The molecule has 0 spiro atoms. The predicted octanol–water partition coefficient (Wildman–Crippen LogP) is 8.83. The molecule has 3 fully saturated rings. The first-order valence-electron chi connectivity index (χ1n) is 14.9. The van der Waals surface area contributed by atoms with E-state index in [1.807, 2.05) is 0 Å². The maximum atomic E-state index is 8.99. The molecule has 0 radical (unpaired) electrons. The number of benzene rings is 1. The maximum absolute atomic E-state index is 8.99. The molecule has 3 heteroatoms. The number of aliphatic hydroxyl groups is 1. The molecule has 3 aliphatic rings. The molecule has 1 aromatic rings. The molecule has 0 amide bonds. The first-order chi connectivity index (χ1) is 17.2. The van der Waals surface area contributed by atoms with E-state index in [1.54, 1.807) is 11.1 Å². The average molecular weight is 483 g/mol. The number of rotatable bonds is 11. The van der Waals surface area contributed by atoms with Crippen molar-refractivity contribution in [3.05, 3.63) is 47.7 Å². The summed E-state index contributed by atoms with van der Waals surface area (Å²) in [6, 6.07) is 9.88. The van der Waals surface area contributed by atoms with Gasteiger partial charge in [-0.05, 0) is 118 Å². The van der Waals surface area contributed by atoms with Gasteiger partial charge in [-0.1, -0.05) is 63.5 Å². The molecule has 0 aliphatic heterocycles. The number of aliphatic hydroxyl groups excluding tert-OH is 1. The van der Waals surface area contributed by atoms with Gasteiger partial charge >= 0.3 is 0 Å². The highest BCUT2D eigenvalue weighted by molar-refractivity contribution is 5.28. The molecule has 1 aromatic carbocycles. The lowest BCUT2D eigenvalue weighted by molar-refractivity contribution is -0.304. The van der Waals surface area contributed by atoms with Crippen LogP contribution >= 0.6 is 0 Å². The lowest BCUT2D eigenvalue weighted by Crippen LogP contribution is -2.28. The van der Waals surface area contributed by atoms with Gasteiger partial charge in [-0.3, -0.25) is 0 Å². The third-order valence-corrected chi connectivity index (χ3v) is 9.58. The van der Waals surface area contributed by atoms with Gasteiger partial charge in [0, 0.05) is 0 Å². The van der Waals surface area contributed by atoms with Crippen LogP contribution in [0.3, 0.4) is 0 Å². The van der Waals surface area contributed by atoms with E-state index >= 15 is 0 Å². The summed E-state index contributed by atoms with van der Waals surface area (Å²) in [5.74, 6) is 4.57. The Kier molecular flexibility index (Phi) is 10.6. The second kappa shape index (κ2) is 13.8. The van der Waals surface area contributed by atoms with Gasteiger partial charge in [-0.15, -0.1) is 0 Å². The summed E-state index contributed by atoms with van der Waals surface area (Å²) in [4.78, 5) is 10.6. The van der Waals surface area contributed by atoms with E-state index in [-0.39, 0.29) is 12.7 Å². The Morgan fingerprint density at radius 3 is 1.80 bits per heavy atom. The summed E-state index contributed by atoms with van der Waals surface area (Å²) in [6.45, 7) is 5.75. The van der Waals surface area contributed by atoms with Crippen molar-refractivity contribution in [3.63, 3.8) is 0 Å². The second-order valence-electron chi connectivity index (χ2n) is 11.9. The largest absolute Gasteiger partial charge is 0.388 e. The van der Waals surface area contributed by atoms with Gasteiger partial charge in [-0.2, -0.15) is 4.89 Å². The fraction of sp³-hybridized carbons (Fsp3) is 0.750. The molecule has 0 bridgehead atoms. The van der Waals surface area contributed by atoms with Crippen LogP contribution in [0.1, 0.15) is 133 Å². The van der Waals surface area contributed by atoms with Crippen LogP contribution in [0.15, 0.2) is 36.6 Å². The Morgan fingerprint density at radius 1 is 0.771 bits per heavy atom. The van der Waals surface area contributed by atoms with E-state index in [1.165, 1.54) is 89.9 Å². The SMILES string of the molecule is C=C(CO)OOC1CCC(C2CCC(c3ccc(C4CCC(CCCCC)CC4)cc3)CC2)CC1. The van der Waals surface area contributed by atoms with Crippen molar-refractivity contribution in [2.75, 3.05) is 6.61 Å². The van der Waals surface area contributed by atoms with Gasteiger partial charge < -0.3 is 9.99 Å². The molecule has 0 aromatic heterocycles. The van der Waals surface area contributed by atoms with Gasteiger partial charge in [0.2, 0.25) is 0 Å². The molecular weight excluding hydrogens is 432 g/mol. The smallest absolute Gasteiger partial charge is 0.160 e. The van der Waals surface area contributed by atoms with Gasteiger partial charge in [0.25, 0.3) is 0 Å². The van der Waals surface area contributed by atoms with Crippen molar-refractivity contribution < 1.29 is 14.9 Å². The van der Waals surface area contributed by atoms with E-state index < -0.39 is 0 Å². The van der Waals surface area contributed by atoms with E-state index in [0.717, 1.165) is 42.4 Å². The maximum Gasteiger partial charge on any atom is 0.160 e. The van der Waals surface area contributed by atoms with Crippen LogP contribution < -0.4 is 0 Å². The van der Waals surface area contributed by atoms with Crippen LogP contribution in [0.4, 0.5) is 0 Å². The third kappa shape index (κ3) is 7.83. The van der Waals surface area contributed by atoms with Crippen molar-refractivity contribution in [1.82, 2.24) is 0 Å². The lowest BCUT2D eigenvalue weighted by atomic mass is 9.69. The number of unbranched alkanes of at least 4 members (excludes halogenated alkanes) is 2. The molecule has 35 heavy (non-hydrogen) atoms. The predicted molar refractivity (Wildman–Crippen MR) is 144 cm³/mol. The minimum atomic E-state index is -0.179. The first kappa shape index (κ1) is 26.7. The first-order valence-corrected chi connectivity index (χ1v) is 14.9. The molecule has 0 unspecified atom stereocenters. The summed E-state index contributed by atoms with van der Waals surface area (Å²) in [6.07, 6.45) is 21.6. The average Bonchev–Trinajstić information content (AvgIpc) is 2.93. The zero-order valence-corrected chi connectivity index (χ0v) is 22.3. The van der Waals surface area contributed by atoms with Gasteiger partial charge in [-0.25, -0.2) is 0 Å². The van der Waals surface area contributed by atoms with Crippen molar-refractivity contribution in [1.29, 1.82) is 0 Å². The Morgan fingerprint density at radius 2 is 1.29 bits per heavy atom. The Bertz CT molecular complexity index is 733. The molecule has 3 saturated carbocycles. The van der Waals surface area contributed by atoms with Gasteiger partial charge in [0.1, 0.15) is 12.7 Å².